The average Bonchev–Trinajstić information content (AvgIpc) is 3.21. The van der Waals surface area contributed by atoms with Crippen molar-refractivity contribution in [1.29, 1.82) is 0 Å². The Morgan fingerprint density at radius 2 is 0.950 bits per heavy atom. The highest BCUT2D eigenvalue weighted by atomic mass is 16.5. The van der Waals surface area contributed by atoms with Crippen LogP contribution in [0.4, 0.5) is 0 Å². The lowest BCUT2D eigenvalue weighted by Gasteiger charge is -2.56. The van der Waals surface area contributed by atoms with Crippen molar-refractivity contribution in [2.75, 3.05) is 6.61 Å². The minimum atomic E-state index is -0.949. The van der Waals surface area contributed by atoms with E-state index >= 15 is 0 Å². The first-order valence-electron chi connectivity index (χ1n) is 14.9. The molecule has 6 atom stereocenters. The van der Waals surface area contributed by atoms with E-state index in [-0.39, 0.29) is 23.9 Å². The molecule has 0 radical (unpaired) electrons. The van der Waals surface area contributed by atoms with Gasteiger partial charge in [0, 0.05) is 0 Å². The molecule has 1 aliphatic carbocycles. The van der Waals surface area contributed by atoms with E-state index in [2.05, 4.69) is 133 Å². The van der Waals surface area contributed by atoms with Crippen LogP contribution >= 0.6 is 0 Å². The van der Waals surface area contributed by atoms with Crippen molar-refractivity contribution in [2.24, 2.45) is 23.7 Å². The molecular weight excluding hydrogens is 488 g/mol. The Morgan fingerprint density at radius 1 is 0.525 bits per heavy atom. The molecule has 0 aromatic heterocycles. The van der Waals surface area contributed by atoms with Crippen LogP contribution in [0.1, 0.15) is 28.7 Å². The Morgan fingerprint density at radius 3 is 1.45 bits per heavy atom. The highest BCUT2D eigenvalue weighted by molar-refractivity contribution is 5.26. The predicted octanol–water partition coefficient (Wildman–Crippen LogP) is 7.51. The molecule has 2 aliphatic rings. The van der Waals surface area contributed by atoms with E-state index in [4.69, 9.17) is 4.74 Å². The highest BCUT2D eigenvalue weighted by Crippen LogP contribution is 2.52. The molecular formula is C38H40O2. The molecule has 1 unspecified atom stereocenters. The zero-order valence-electron chi connectivity index (χ0n) is 23.2. The quantitative estimate of drug-likeness (QED) is 0.240. The summed E-state index contributed by atoms with van der Waals surface area (Å²) in [5.41, 5.74) is 4.35. The van der Waals surface area contributed by atoms with Gasteiger partial charge in [-0.25, -0.2) is 0 Å². The van der Waals surface area contributed by atoms with Crippen LogP contribution in [-0.4, -0.2) is 23.4 Å². The molecule has 4 aromatic carbocycles. The molecule has 1 saturated carbocycles. The Balaban J connectivity index is 1.49. The fraction of sp³-hybridized carbons (Fsp3) is 0.316. The molecule has 2 heteroatoms. The third-order valence-corrected chi connectivity index (χ3v) is 9.37. The zero-order valence-corrected chi connectivity index (χ0v) is 23.2. The summed E-state index contributed by atoms with van der Waals surface area (Å²) < 4.78 is 6.69. The molecule has 1 heterocycles. The fourth-order valence-corrected chi connectivity index (χ4v) is 7.54. The maximum Gasteiger partial charge on any atom is 0.0979 e. The SMILES string of the molecule is O[C@@]12CC=CCOC1[C@H](Cc1ccccc1)[C@@H](Cc1ccccc1)[C@H](Cc1ccccc1)[C@H]2Cc1ccccc1. The molecule has 204 valence electrons. The van der Waals surface area contributed by atoms with Gasteiger partial charge in [0.15, 0.2) is 0 Å². The third kappa shape index (κ3) is 5.84. The van der Waals surface area contributed by atoms with Gasteiger partial charge in [0.1, 0.15) is 0 Å². The van der Waals surface area contributed by atoms with Crippen LogP contribution in [0.25, 0.3) is 0 Å². The van der Waals surface area contributed by atoms with Crippen LogP contribution in [0.5, 0.6) is 0 Å². The summed E-state index contributed by atoms with van der Waals surface area (Å²) >= 11 is 0. The van der Waals surface area contributed by atoms with E-state index in [1.54, 1.807) is 0 Å². The van der Waals surface area contributed by atoms with Gasteiger partial charge in [-0.3, -0.25) is 0 Å². The second-order valence-corrected chi connectivity index (χ2v) is 11.8. The minimum absolute atomic E-state index is 0.0589. The van der Waals surface area contributed by atoms with Gasteiger partial charge in [0.05, 0.1) is 18.3 Å². The molecule has 0 spiro atoms. The van der Waals surface area contributed by atoms with Gasteiger partial charge in [-0.15, -0.1) is 0 Å². The minimum Gasteiger partial charge on any atom is -0.387 e. The van der Waals surface area contributed by atoms with Gasteiger partial charge >= 0.3 is 0 Å². The van der Waals surface area contributed by atoms with Crippen LogP contribution in [0.2, 0.25) is 0 Å². The van der Waals surface area contributed by atoms with Crippen LogP contribution < -0.4 is 0 Å². The standard InChI is InChI=1S/C38H40O2/c39-38-23-13-14-24-40-37(38)35(27-31-19-9-3-10-20-31)33(25-29-15-5-1-6-16-29)34(26-30-17-7-2-8-18-30)36(38)28-32-21-11-4-12-22-32/h1-22,33-37,39H,23-28H2/t33-,34-,35+,36+,37?,38+/m0/s1. The Bertz CT molecular complexity index is 1350. The molecule has 40 heavy (non-hydrogen) atoms. The van der Waals surface area contributed by atoms with Crippen molar-refractivity contribution >= 4 is 0 Å². The summed E-state index contributed by atoms with van der Waals surface area (Å²) in [6, 6.07) is 43.4. The summed E-state index contributed by atoms with van der Waals surface area (Å²) in [5, 5.41) is 12.9. The van der Waals surface area contributed by atoms with E-state index in [0.29, 0.717) is 18.9 Å². The number of ether oxygens (including phenoxy) is 1. The number of hydrogen-bond donors (Lipinski definition) is 1. The van der Waals surface area contributed by atoms with Gasteiger partial charge in [-0.1, -0.05) is 133 Å². The number of aliphatic hydroxyl groups is 1. The normalized spacial score (nSPS) is 28.0. The van der Waals surface area contributed by atoms with Crippen LogP contribution in [0.15, 0.2) is 133 Å². The molecule has 0 amide bonds. The molecule has 1 N–H and O–H groups in total. The van der Waals surface area contributed by atoms with Crippen molar-refractivity contribution in [3.8, 4) is 0 Å². The van der Waals surface area contributed by atoms with Crippen molar-refractivity contribution in [1.82, 2.24) is 0 Å². The maximum absolute atomic E-state index is 12.9. The molecule has 4 aromatic rings. The van der Waals surface area contributed by atoms with Crippen molar-refractivity contribution in [3.05, 3.63) is 156 Å². The number of hydrogen-bond acceptors (Lipinski definition) is 2. The molecule has 0 saturated heterocycles. The van der Waals surface area contributed by atoms with Crippen LogP contribution in [0.3, 0.4) is 0 Å². The molecule has 2 nitrogen and oxygen atoms in total. The third-order valence-electron chi connectivity index (χ3n) is 9.37. The van der Waals surface area contributed by atoms with E-state index in [0.717, 1.165) is 25.7 Å². The van der Waals surface area contributed by atoms with Gasteiger partial charge in [-0.2, -0.15) is 0 Å². The summed E-state index contributed by atoms with van der Waals surface area (Å²) in [4.78, 5) is 0. The topological polar surface area (TPSA) is 29.5 Å². The van der Waals surface area contributed by atoms with Gasteiger partial charge in [0.2, 0.25) is 0 Å². The van der Waals surface area contributed by atoms with Crippen LogP contribution in [0, 0.1) is 23.7 Å². The van der Waals surface area contributed by atoms with Crippen LogP contribution in [-0.2, 0) is 30.4 Å². The summed E-state index contributed by atoms with van der Waals surface area (Å²) in [6.07, 6.45) is 8.31. The van der Waals surface area contributed by atoms with Crippen molar-refractivity contribution in [2.45, 2.75) is 43.8 Å². The molecule has 1 aliphatic heterocycles. The average molecular weight is 529 g/mol. The second kappa shape index (κ2) is 12.4. The van der Waals surface area contributed by atoms with E-state index < -0.39 is 5.60 Å². The fourth-order valence-electron chi connectivity index (χ4n) is 7.54. The molecule has 1 fully saturated rings. The lowest BCUT2D eigenvalue weighted by Crippen LogP contribution is -2.63. The van der Waals surface area contributed by atoms with E-state index in [1.807, 2.05) is 0 Å². The number of rotatable bonds is 8. The largest absolute Gasteiger partial charge is 0.387 e. The van der Waals surface area contributed by atoms with Crippen molar-refractivity contribution < 1.29 is 9.84 Å². The zero-order chi connectivity index (χ0) is 27.2. The highest BCUT2D eigenvalue weighted by Gasteiger charge is 2.58. The maximum atomic E-state index is 12.9. The lowest BCUT2D eigenvalue weighted by atomic mass is 9.53. The van der Waals surface area contributed by atoms with Gasteiger partial charge in [0.25, 0.3) is 0 Å². The van der Waals surface area contributed by atoms with Gasteiger partial charge < -0.3 is 9.84 Å². The summed E-state index contributed by atoms with van der Waals surface area (Å²) in [6.45, 7) is 0.553. The van der Waals surface area contributed by atoms with Gasteiger partial charge in [-0.05, 0) is 78.0 Å². The van der Waals surface area contributed by atoms with Crippen molar-refractivity contribution in [3.63, 3.8) is 0 Å². The predicted molar refractivity (Wildman–Crippen MR) is 163 cm³/mol. The molecule has 6 rings (SSSR count). The van der Waals surface area contributed by atoms with E-state index in [1.165, 1.54) is 22.3 Å². The smallest absolute Gasteiger partial charge is 0.0979 e. The first kappa shape index (κ1) is 26.7. The Labute approximate surface area is 239 Å². The van der Waals surface area contributed by atoms with E-state index in [9.17, 15) is 5.11 Å². The Hall–Kier alpha value is -3.46. The Kier molecular flexibility index (Phi) is 8.27. The summed E-state index contributed by atoms with van der Waals surface area (Å²) in [7, 11) is 0. The first-order valence-corrected chi connectivity index (χ1v) is 14.9. The first-order chi connectivity index (χ1) is 19.7. The number of benzene rings is 4. The lowest BCUT2D eigenvalue weighted by molar-refractivity contribution is -0.209. The second-order valence-electron chi connectivity index (χ2n) is 11.8. The molecule has 0 bridgehead atoms. The summed E-state index contributed by atoms with van der Waals surface area (Å²) in [5.74, 6) is 0.879. The monoisotopic (exact) mass is 528 g/mol. The number of fused-ring (bicyclic) bond motifs is 1.